The number of rotatable bonds is 3. The highest BCUT2D eigenvalue weighted by molar-refractivity contribution is 6.10. The number of anilines is 1. The molecule has 0 bridgehead atoms. The number of phenols is 2. The Hall–Kier alpha value is -3.02. The average molecular weight is 286 g/mol. The van der Waals surface area contributed by atoms with Crippen LogP contribution in [-0.4, -0.2) is 27.0 Å². The van der Waals surface area contributed by atoms with Crippen molar-refractivity contribution in [1.29, 1.82) is 0 Å². The van der Waals surface area contributed by atoms with Gasteiger partial charge >= 0.3 is 0 Å². The molecule has 21 heavy (non-hydrogen) atoms. The summed E-state index contributed by atoms with van der Waals surface area (Å²) < 4.78 is 0. The molecule has 0 aliphatic carbocycles. The first-order chi connectivity index (χ1) is 10.0. The van der Waals surface area contributed by atoms with Gasteiger partial charge in [0.2, 0.25) is 0 Å². The molecule has 0 aromatic heterocycles. The normalized spacial score (nSPS) is 11.2. The van der Waals surface area contributed by atoms with E-state index in [0.717, 1.165) is 0 Å². The average Bonchev–Trinajstić information content (AvgIpc) is 2.49. The monoisotopic (exact) mass is 286 g/mol. The van der Waals surface area contributed by atoms with E-state index in [4.69, 9.17) is 5.21 Å². The molecule has 2 rings (SSSR count). The van der Waals surface area contributed by atoms with Gasteiger partial charge in [0.15, 0.2) is 11.5 Å². The predicted octanol–water partition coefficient (Wildman–Crippen LogP) is 2.55. The second kappa shape index (κ2) is 5.96. The van der Waals surface area contributed by atoms with Crippen LogP contribution in [0.4, 0.5) is 5.69 Å². The second-order valence-electron chi connectivity index (χ2n) is 4.39. The van der Waals surface area contributed by atoms with E-state index < -0.39 is 5.91 Å². The maximum atomic E-state index is 12.1. The number of carbonyl (C=O) groups excluding carboxylic acids is 1. The lowest BCUT2D eigenvalue weighted by molar-refractivity contribution is 0.102. The first-order valence-electron chi connectivity index (χ1n) is 6.14. The molecule has 0 unspecified atom stereocenters. The van der Waals surface area contributed by atoms with Gasteiger partial charge in [-0.1, -0.05) is 23.4 Å². The lowest BCUT2D eigenvalue weighted by atomic mass is 10.1. The largest absolute Gasteiger partial charge is 0.504 e. The van der Waals surface area contributed by atoms with E-state index in [0.29, 0.717) is 17.0 Å². The number of benzene rings is 2. The van der Waals surface area contributed by atoms with Crippen LogP contribution in [0.3, 0.4) is 0 Å². The Balaban J connectivity index is 2.30. The van der Waals surface area contributed by atoms with Crippen LogP contribution in [-0.2, 0) is 0 Å². The molecule has 0 aliphatic rings. The minimum Gasteiger partial charge on any atom is -0.504 e. The molecule has 1 amide bonds. The molecular formula is C15H14N2O4. The van der Waals surface area contributed by atoms with Crippen molar-refractivity contribution in [1.82, 2.24) is 0 Å². The fraction of sp³-hybridized carbons (Fsp3) is 0.0667. The molecule has 0 heterocycles. The fourth-order valence-corrected chi connectivity index (χ4v) is 1.82. The zero-order chi connectivity index (χ0) is 15.4. The Morgan fingerprint density at radius 2 is 1.81 bits per heavy atom. The number of para-hydroxylation sites is 1. The maximum Gasteiger partial charge on any atom is 0.255 e. The van der Waals surface area contributed by atoms with Crippen LogP contribution in [0.25, 0.3) is 0 Å². The van der Waals surface area contributed by atoms with Gasteiger partial charge in [-0.2, -0.15) is 0 Å². The van der Waals surface area contributed by atoms with Gasteiger partial charge in [-0.15, -0.1) is 0 Å². The number of nitrogens with one attached hydrogen (secondary N) is 1. The number of phenolic OH excluding ortho intramolecular Hbond substituents is 2. The number of hydrogen-bond donors (Lipinski definition) is 4. The van der Waals surface area contributed by atoms with E-state index in [1.165, 1.54) is 18.2 Å². The highest BCUT2D eigenvalue weighted by Gasteiger charge is 2.12. The lowest BCUT2D eigenvalue weighted by Crippen LogP contribution is -2.14. The minimum absolute atomic E-state index is 0.193. The number of oxime groups is 1. The number of amides is 1. The quantitative estimate of drug-likeness (QED) is 0.301. The summed E-state index contributed by atoms with van der Waals surface area (Å²) in [5.74, 6) is -1.12. The third kappa shape index (κ3) is 3.11. The van der Waals surface area contributed by atoms with E-state index in [-0.39, 0.29) is 17.1 Å². The lowest BCUT2D eigenvalue weighted by Gasteiger charge is -2.10. The Kier molecular flexibility index (Phi) is 4.08. The number of nitrogens with zero attached hydrogens (tertiary/aromatic N) is 1. The van der Waals surface area contributed by atoms with Gasteiger partial charge in [0.1, 0.15) is 0 Å². The number of hydrogen-bond acceptors (Lipinski definition) is 5. The third-order valence-corrected chi connectivity index (χ3v) is 2.95. The smallest absolute Gasteiger partial charge is 0.255 e. The van der Waals surface area contributed by atoms with Gasteiger partial charge in [0.25, 0.3) is 5.91 Å². The van der Waals surface area contributed by atoms with Gasteiger partial charge in [0.05, 0.1) is 11.4 Å². The summed E-state index contributed by atoms with van der Waals surface area (Å²) in [7, 11) is 0. The summed E-state index contributed by atoms with van der Waals surface area (Å²) in [6, 6.07) is 10.7. The van der Waals surface area contributed by atoms with E-state index in [1.54, 1.807) is 31.2 Å². The van der Waals surface area contributed by atoms with Crippen LogP contribution in [0.1, 0.15) is 22.8 Å². The van der Waals surface area contributed by atoms with E-state index in [9.17, 15) is 15.0 Å². The predicted molar refractivity (Wildman–Crippen MR) is 78.2 cm³/mol. The topological polar surface area (TPSA) is 102 Å². The summed E-state index contributed by atoms with van der Waals surface area (Å²) in [6.45, 7) is 1.61. The van der Waals surface area contributed by atoms with Gasteiger partial charge in [-0.25, -0.2) is 0 Å². The first kappa shape index (κ1) is 14.4. The van der Waals surface area contributed by atoms with Crippen molar-refractivity contribution >= 4 is 17.3 Å². The fourth-order valence-electron chi connectivity index (χ4n) is 1.82. The van der Waals surface area contributed by atoms with E-state index in [2.05, 4.69) is 10.5 Å². The Bertz CT molecular complexity index is 711. The molecule has 0 fully saturated rings. The Morgan fingerprint density at radius 1 is 1.10 bits per heavy atom. The maximum absolute atomic E-state index is 12.1. The van der Waals surface area contributed by atoms with Crippen molar-refractivity contribution in [2.75, 3.05) is 5.32 Å². The molecule has 0 saturated carbocycles. The Labute approximate surface area is 121 Å². The summed E-state index contributed by atoms with van der Waals surface area (Å²) in [5.41, 5.74) is 1.61. The number of carbonyl (C=O) groups is 1. The van der Waals surface area contributed by atoms with Crippen molar-refractivity contribution in [3.05, 3.63) is 53.6 Å². The third-order valence-electron chi connectivity index (χ3n) is 2.95. The molecule has 6 nitrogen and oxygen atoms in total. The molecule has 6 heteroatoms. The molecule has 0 saturated heterocycles. The second-order valence-corrected chi connectivity index (χ2v) is 4.39. The van der Waals surface area contributed by atoms with Crippen molar-refractivity contribution in [3.63, 3.8) is 0 Å². The van der Waals surface area contributed by atoms with Crippen LogP contribution < -0.4 is 5.32 Å². The van der Waals surface area contributed by atoms with Gasteiger partial charge < -0.3 is 20.7 Å². The van der Waals surface area contributed by atoms with Crippen molar-refractivity contribution in [2.45, 2.75) is 6.92 Å². The Morgan fingerprint density at radius 3 is 2.48 bits per heavy atom. The highest BCUT2D eigenvalue weighted by atomic mass is 16.4. The molecule has 4 N–H and O–H groups in total. The highest BCUT2D eigenvalue weighted by Crippen LogP contribution is 2.25. The zero-order valence-electron chi connectivity index (χ0n) is 11.2. The first-order valence-corrected chi connectivity index (χ1v) is 6.14. The van der Waals surface area contributed by atoms with Crippen LogP contribution in [0.5, 0.6) is 11.5 Å². The molecule has 0 radical (unpaired) electrons. The van der Waals surface area contributed by atoms with Crippen LogP contribution >= 0.6 is 0 Å². The molecule has 0 aliphatic heterocycles. The molecule has 108 valence electrons. The van der Waals surface area contributed by atoms with Gasteiger partial charge in [-0.3, -0.25) is 4.79 Å². The zero-order valence-corrected chi connectivity index (χ0v) is 11.2. The molecule has 0 atom stereocenters. The van der Waals surface area contributed by atoms with E-state index in [1.807, 2.05) is 0 Å². The molecule has 0 spiro atoms. The number of aromatic hydroxyl groups is 2. The van der Waals surface area contributed by atoms with Crippen molar-refractivity contribution < 1.29 is 20.2 Å². The molecular weight excluding hydrogens is 272 g/mol. The van der Waals surface area contributed by atoms with Gasteiger partial charge in [-0.05, 0) is 31.2 Å². The van der Waals surface area contributed by atoms with Crippen LogP contribution in [0, 0.1) is 0 Å². The summed E-state index contributed by atoms with van der Waals surface area (Å²) in [4.78, 5) is 12.1. The molecule has 2 aromatic carbocycles. The van der Waals surface area contributed by atoms with Crippen molar-refractivity contribution in [3.8, 4) is 11.5 Å². The summed E-state index contributed by atoms with van der Waals surface area (Å²) in [6.07, 6.45) is 0. The van der Waals surface area contributed by atoms with Gasteiger partial charge in [0, 0.05) is 11.1 Å². The van der Waals surface area contributed by atoms with Crippen LogP contribution in [0.15, 0.2) is 47.6 Å². The standard InChI is InChI=1S/C15H14N2O4/c1-9(17-21)11-4-2-3-5-12(11)16-15(20)10-6-7-13(18)14(19)8-10/h2-8,18-19,21H,1H3,(H,16,20)/b17-9-. The van der Waals surface area contributed by atoms with Crippen molar-refractivity contribution in [2.24, 2.45) is 5.16 Å². The van der Waals surface area contributed by atoms with Crippen LogP contribution in [0.2, 0.25) is 0 Å². The summed E-state index contributed by atoms with van der Waals surface area (Å²) in [5, 5.41) is 33.3. The molecule has 2 aromatic rings. The minimum atomic E-state index is -0.455. The summed E-state index contributed by atoms with van der Waals surface area (Å²) >= 11 is 0. The SMILES string of the molecule is C/C(=N/O)c1ccccc1NC(=O)c1ccc(O)c(O)c1. The van der Waals surface area contributed by atoms with E-state index >= 15 is 0 Å².